The third kappa shape index (κ3) is 3.59. The van der Waals surface area contributed by atoms with Crippen LogP contribution in [0, 0.1) is 0 Å². The van der Waals surface area contributed by atoms with E-state index in [2.05, 4.69) is 15.5 Å². The minimum Gasteiger partial charge on any atom is -0.296 e. The van der Waals surface area contributed by atoms with Gasteiger partial charge in [0, 0.05) is 17.1 Å². The number of amides is 1. The summed E-state index contributed by atoms with van der Waals surface area (Å²) >= 11 is 5.35. The monoisotopic (exact) mass is 337 g/mol. The lowest BCUT2D eigenvalue weighted by Gasteiger charge is -2.08. The van der Waals surface area contributed by atoms with Gasteiger partial charge in [0.25, 0.3) is 5.91 Å². The average Bonchev–Trinajstić information content (AvgIpc) is 3.19. The van der Waals surface area contributed by atoms with Crippen molar-refractivity contribution in [1.82, 2.24) is 10.2 Å². The quantitative estimate of drug-likeness (QED) is 0.919. The van der Waals surface area contributed by atoms with E-state index in [-0.39, 0.29) is 5.91 Å². The zero-order valence-corrected chi connectivity index (χ0v) is 14.0. The summed E-state index contributed by atoms with van der Waals surface area (Å²) in [6, 6.07) is 7.85. The van der Waals surface area contributed by atoms with Gasteiger partial charge in [0.15, 0.2) is 0 Å². The smallest absolute Gasteiger partial charge is 0.257 e. The molecule has 1 aliphatic rings. The number of thioether (sulfide) groups is 2. The Bertz CT molecular complexity index is 621. The van der Waals surface area contributed by atoms with Gasteiger partial charge in [-0.3, -0.25) is 10.1 Å². The molecule has 0 unspecified atom stereocenters. The molecule has 2 aromatic rings. The Morgan fingerprint density at radius 3 is 2.57 bits per heavy atom. The van der Waals surface area contributed by atoms with Gasteiger partial charge in [-0.2, -0.15) is 0 Å². The van der Waals surface area contributed by atoms with Crippen molar-refractivity contribution < 1.29 is 4.79 Å². The SMILES string of the molecule is CCc1nnc(NC(=O)c2ccc(C3SCCS3)cc2)s1. The summed E-state index contributed by atoms with van der Waals surface area (Å²) in [5.41, 5.74) is 1.93. The number of benzene rings is 1. The van der Waals surface area contributed by atoms with Crippen LogP contribution in [0.4, 0.5) is 5.13 Å². The predicted molar refractivity (Wildman–Crippen MR) is 91.3 cm³/mol. The highest BCUT2D eigenvalue weighted by atomic mass is 32.2. The van der Waals surface area contributed by atoms with Crippen LogP contribution in [0.5, 0.6) is 0 Å². The van der Waals surface area contributed by atoms with E-state index in [0.29, 0.717) is 15.3 Å². The number of aryl methyl sites for hydroxylation is 1. The maximum Gasteiger partial charge on any atom is 0.257 e. The Kier molecular flexibility index (Phi) is 4.82. The fourth-order valence-electron chi connectivity index (χ4n) is 1.96. The fraction of sp³-hybridized carbons (Fsp3) is 0.357. The van der Waals surface area contributed by atoms with Crippen molar-refractivity contribution in [3.63, 3.8) is 0 Å². The molecule has 0 radical (unpaired) electrons. The first-order valence-corrected chi connectivity index (χ1v) is 9.64. The highest BCUT2D eigenvalue weighted by Crippen LogP contribution is 2.45. The lowest BCUT2D eigenvalue weighted by Crippen LogP contribution is -2.11. The number of hydrogen-bond donors (Lipinski definition) is 1. The molecule has 1 amide bonds. The van der Waals surface area contributed by atoms with E-state index in [0.717, 1.165) is 11.4 Å². The van der Waals surface area contributed by atoms with Crippen LogP contribution in [0.1, 0.15) is 32.4 Å². The van der Waals surface area contributed by atoms with Crippen LogP contribution in [0.2, 0.25) is 0 Å². The summed E-state index contributed by atoms with van der Waals surface area (Å²) in [5.74, 6) is 2.27. The second-order valence-corrected chi connectivity index (χ2v) is 8.29. The van der Waals surface area contributed by atoms with Gasteiger partial charge in [-0.25, -0.2) is 0 Å². The second kappa shape index (κ2) is 6.81. The molecular weight excluding hydrogens is 322 g/mol. The van der Waals surface area contributed by atoms with Crippen LogP contribution in [0.25, 0.3) is 0 Å². The molecule has 1 fully saturated rings. The molecular formula is C14H15N3OS3. The summed E-state index contributed by atoms with van der Waals surface area (Å²) < 4.78 is 0.511. The van der Waals surface area contributed by atoms with Gasteiger partial charge in [0.2, 0.25) is 5.13 Å². The number of aromatic nitrogens is 2. The minimum atomic E-state index is -0.132. The zero-order valence-electron chi connectivity index (χ0n) is 11.5. The number of anilines is 1. The molecule has 0 bridgehead atoms. The van der Waals surface area contributed by atoms with Crippen molar-refractivity contribution in [2.75, 3.05) is 16.8 Å². The van der Waals surface area contributed by atoms with Crippen LogP contribution in [0.3, 0.4) is 0 Å². The van der Waals surface area contributed by atoms with Crippen molar-refractivity contribution in [2.45, 2.75) is 17.9 Å². The van der Waals surface area contributed by atoms with Gasteiger partial charge in [-0.05, 0) is 24.1 Å². The highest BCUT2D eigenvalue weighted by Gasteiger charge is 2.18. The van der Waals surface area contributed by atoms with E-state index >= 15 is 0 Å². The average molecular weight is 337 g/mol. The van der Waals surface area contributed by atoms with Crippen LogP contribution >= 0.6 is 34.9 Å². The van der Waals surface area contributed by atoms with E-state index < -0.39 is 0 Å². The fourth-order valence-corrected chi connectivity index (χ4v) is 5.49. The number of nitrogens with one attached hydrogen (secondary N) is 1. The molecule has 1 aromatic heterocycles. The molecule has 0 saturated carbocycles. The molecule has 7 heteroatoms. The summed E-state index contributed by atoms with van der Waals surface area (Å²) in [6.07, 6.45) is 0.832. The highest BCUT2D eigenvalue weighted by molar-refractivity contribution is 8.19. The number of carbonyl (C=O) groups excluding carboxylic acids is 1. The molecule has 1 N–H and O–H groups in total. The van der Waals surface area contributed by atoms with Crippen molar-refractivity contribution in [1.29, 1.82) is 0 Å². The normalized spacial score (nSPS) is 15.3. The molecule has 0 atom stereocenters. The minimum absolute atomic E-state index is 0.132. The maximum absolute atomic E-state index is 12.2. The topological polar surface area (TPSA) is 54.9 Å². The first-order valence-electron chi connectivity index (χ1n) is 6.73. The Morgan fingerprint density at radius 1 is 1.24 bits per heavy atom. The molecule has 3 rings (SSSR count). The van der Waals surface area contributed by atoms with Crippen molar-refractivity contribution in [3.8, 4) is 0 Å². The van der Waals surface area contributed by atoms with Crippen LogP contribution in [-0.2, 0) is 6.42 Å². The van der Waals surface area contributed by atoms with Crippen molar-refractivity contribution in [2.24, 2.45) is 0 Å². The summed E-state index contributed by atoms with van der Waals surface area (Å²) in [4.78, 5) is 12.2. The Labute approximate surface area is 136 Å². The third-order valence-corrected chi connectivity index (χ3v) is 7.14. The molecule has 1 aromatic carbocycles. The number of rotatable bonds is 4. The first kappa shape index (κ1) is 14.9. The van der Waals surface area contributed by atoms with Crippen molar-refractivity contribution >= 4 is 45.9 Å². The number of hydrogen-bond acceptors (Lipinski definition) is 6. The summed E-state index contributed by atoms with van der Waals surface area (Å²) in [5, 5.41) is 12.2. The zero-order chi connectivity index (χ0) is 14.7. The van der Waals surface area contributed by atoms with Crippen LogP contribution in [-0.4, -0.2) is 27.6 Å². The molecule has 1 saturated heterocycles. The van der Waals surface area contributed by atoms with Crippen LogP contribution in [0.15, 0.2) is 24.3 Å². The summed E-state index contributed by atoms with van der Waals surface area (Å²) in [6.45, 7) is 2.02. The molecule has 0 spiro atoms. The molecule has 4 nitrogen and oxygen atoms in total. The van der Waals surface area contributed by atoms with Gasteiger partial charge in [0.05, 0.1) is 4.58 Å². The number of carbonyl (C=O) groups is 1. The second-order valence-electron chi connectivity index (χ2n) is 4.50. The third-order valence-electron chi connectivity index (χ3n) is 3.06. The number of nitrogens with zero attached hydrogens (tertiary/aromatic N) is 2. The van der Waals surface area contributed by atoms with Gasteiger partial charge < -0.3 is 0 Å². The molecule has 21 heavy (non-hydrogen) atoms. The molecule has 0 aliphatic carbocycles. The van der Waals surface area contributed by atoms with E-state index in [9.17, 15) is 4.79 Å². The van der Waals surface area contributed by atoms with Gasteiger partial charge in [-0.15, -0.1) is 33.7 Å². The van der Waals surface area contributed by atoms with E-state index in [4.69, 9.17) is 0 Å². The lowest BCUT2D eigenvalue weighted by molar-refractivity contribution is 0.102. The van der Waals surface area contributed by atoms with Gasteiger partial charge in [-0.1, -0.05) is 30.4 Å². The predicted octanol–water partition coefficient (Wildman–Crippen LogP) is 3.83. The van der Waals surface area contributed by atoms with E-state index in [1.807, 2.05) is 54.7 Å². The lowest BCUT2D eigenvalue weighted by atomic mass is 10.1. The van der Waals surface area contributed by atoms with Gasteiger partial charge in [0.1, 0.15) is 5.01 Å². The molecule has 1 aliphatic heterocycles. The van der Waals surface area contributed by atoms with Gasteiger partial charge >= 0.3 is 0 Å². The van der Waals surface area contributed by atoms with Crippen LogP contribution < -0.4 is 5.32 Å². The maximum atomic E-state index is 12.2. The van der Waals surface area contributed by atoms with E-state index in [1.54, 1.807) is 0 Å². The largest absolute Gasteiger partial charge is 0.296 e. The Morgan fingerprint density at radius 2 is 1.95 bits per heavy atom. The standard InChI is InChI=1S/C14H15N3OS3/c1-2-11-16-17-14(21-11)15-12(18)9-3-5-10(6-4-9)13-19-7-8-20-13/h3-6,13H,2,7-8H2,1H3,(H,15,17,18). The Balaban J connectivity index is 1.66. The Hall–Kier alpha value is -1.05. The molecule has 110 valence electrons. The van der Waals surface area contributed by atoms with E-state index in [1.165, 1.54) is 28.4 Å². The summed E-state index contributed by atoms with van der Waals surface area (Å²) in [7, 11) is 0. The first-order chi connectivity index (χ1) is 10.3. The molecule has 2 heterocycles. The van der Waals surface area contributed by atoms with Crippen molar-refractivity contribution in [3.05, 3.63) is 40.4 Å².